The SMILES string of the molecule is Cc1ccc(S(=O)(=O)N2CCCc3c(N)cccc32)cc1[N+](=O)[O-]. The molecule has 1 aliphatic rings. The van der Waals surface area contributed by atoms with Crippen LogP contribution < -0.4 is 10.0 Å². The van der Waals surface area contributed by atoms with Crippen LogP contribution in [-0.2, 0) is 16.4 Å². The average molecular weight is 347 g/mol. The molecule has 0 amide bonds. The Bertz CT molecular complexity index is 925. The van der Waals surface area contributed by atoms with Crippen molar-refractivity contribution in [1.29, 1.82) is 0 Å². The summed E-state index contributed by atoms with van der Waals surface area (Å²) in [5.74, 6) is 0. The summed E-state index contributed by atoms with van der Waals surface area (Å²) in [6, 6.07) is 9.13. The van der Waals surface area contributed by atoms with Gasteiger partial charge in [0.2, 0.25) is 0 Å². The first-order valence-electron chi connectivity index (χ1n) is 7.47. The van der Waals surface area contributed by atoms with Crippen molar-refractivity contribution in [1.82, 2.24) is 0 Å². The molecule has 0 unspecified atom stereocenters. The van der Waals surface area contributed by atoms with Gasteiger partial charge in [0.25, 0.3) is 15.7 Å². The Labute approximate surface area is 139 Å². The number of nitrogens with zero attached hydrogens (tertiary/aromatic N) is 2. The number of aryl methyl sites for hydroxylation is 1. The second-order valence-electron chi connectivity index (χ2n) is 5.73. The van der Waals surface area contributed by atoms with Gasteiger partial charge in [-0.25, -0.2) is 8.42 Å². The van der Waals surface area contributed by atoms with Crippen LogP contribution in [0.15, 0.2) is 41.3 Å². The third kappa shape index (κ3) is 2.58. The van der Waals surface area contributed by atoms with Crippen LogP contribution in [0.25, 0.3) is 0 Å². The van der Waals surface area contributed by atoms with Gasteiger partial charge < -0.3 is 5.73 Å². The number of nitro groups is 1. The third-order valence-electron chi connectivity index (χ3n) is 4.21. The lowest BCUT2D eigenvalue weighted by Gasteiger charge is -2.31. The maximum atomic E-state index is 13.0. The number of benzene rings is 2. The van der Waals surface area contributed by atoms with Crippen LogP contribution in [0.4, 0.5) is 17.1 Å². The fourth-order valence-corrected chi connectivity index (χ4v) is 4.50. The highest BCUT2D eigenvalue weighted by molar-refractivity contribution is 7.92. The standard InChI is InChI=1S/C16H17N3O4S/c1-11-7-8-12(10-16(11)19(20)21)24(22,23)18-9-3-4-13-14(17)5-2-6-15(13)18/h2,5-8,10H,3-4,9,17H2,1H3. The molecule has 0 fully saturated rings. The van der Waals surface area contributed by atoms with Gasteiger partial charge in [0.15, 0.2) is 0 Å². The monoisotopic (exact) mass is 347 g/mol. The first-order chi connectivity index (χ1) is 11.3. The Morgan fingerprint density at radius 1 is 1.25 bits per heavy atom. The van der Waals surface area contributed by atoms with Crippen molar-refractivity contribution < 1.29 is 13.3 Å². The smallest absolute Gasteiger partial charge is 0.273 e. The number of anilines is 2. The van der Waals surface area contributed by atoms with Gasteiger partial charge in [-0.2, -0.15) is 0 Å². The molecule has 2 N–H and O–H groups in total. The van der Waals surface area contributed by atoms with Crippen molar-refractivity contribution in [3.8, 4) is 0 Å². The van der Waals surface area contributed by atoms with E-state index in [9.17, 15) is 18.5 Å². The van der Waals surface area contributed by atoms with Gasteiger partial charge in [0.05, 0.1) is 15.5 Å². The summed E-state index contributed by atoms with van der Waals surface area (Å²) in [7, 11) is -3.89. The van der Waals surface area contributed by atoms with Crippen LogP contribution in [0, 0.1) is 17.0 Å². The lowest BCUT2D eigenvalue weighted by Crippen LogP contribution is -2.35. The van der Waals surface area contributed by atoms with Crippen molar-refractivity contribution in [3.05, 3.63) is 57.6 Å². The van der Waals surface area contributed by atoms with Gasteiger partial charge in [0.1, 0.15) is 0 Å². The van der Waals surface area contributed by atoms with Gasteiger partial charge in [-0.05, 0) is 43.5 Å². The van der Waals surface area contributed by atoms with E-state index in [2.05, 4.69) is 0 Å². The number of hydrogen-bond acceptors (Lipinski definition) is 5. The second-order valence-corrected chi connectivity index (χ2v) is 7.59. The minimum Gasteiger partial charge on any atom is -0.398 e. The fourth-order valence-electron chi connectivity index (χ4n) is 2.94. The molecule has 0 atom stereocenters. The van der Waals surface area contributed by atoms with E-state index in [0.29, 0.717) is 36.3 Å². The maximum absolute atomic E-state index is 13.0. The number of sulfonamides is 1. The molecule has 0 radical (unpaired) electrons. The largest absolute Gasteiger partial charge is 0.398 e. The lowest BCUT2D eigenvalue weighted by atomic mass is 10.0. The molecular formula is C16H17N3O4S. The number of nitrogens with two attached hydrogens (primary N) is 1. The summed E-state index contributed by atoms with van der Waals surface area (Å²) in [6.07, 6.45) is 1.36. The summed E-state index contributed by atoms with van der Waals surface area (Å²) < 4.78 is 27.3. The van der Waals surface area contributed by atoms with Gasteiger partial charge in [-0.15, -0.1) is 0 Å². The van der Waals surface area contributed by atoms with Gasteiger partial charge in [0, 0.05) is 23.9 Å². The Hall–Kier alpha value is -2.61. The Morgan fingerprint density at radius 3 is 2.71 bits per heavy atom. The number of nitrogen functional groups attached to an aromatic ring is 1. The normalized spacial score (nSPS) is 14.3. The molecule has 7 nitrogen and oxygen atoms in total. The second kappa shape index (κ2) is 5.79. The van der Waals surface area contributed by atoms with E-state index in [4.69, 9.17) is 5.73 Å². The third-order valence-corrected chi connectivity index (χ3v) is 6.02. The summed E-state index contributed by atoms with van der Waals surface area (Å²) in [6.45, 7) is 1.89. The molecule has 3 rings (SSSR count). The molecule has 1 aliphatic heterocycles. The first kappa shape index (κ1) is 16.3. The van der Waals surface area contributed by atoms with Crippen LogP contribution >= 0.6 is 0 Å². The molecule has 0 aromatic heterocycles. The molecule has 126 valence electrons. The van der Waals surface area contributed by atoms with Crippen molar-refractivity contribution in [2.24, 2.45) is 0 Å². The fraction of sp³-hybridized carbons (Fsp3) is 0.250. The Kier molecular flexibility index (Phi) is 3.92. The molecule has 2 aromatic carbocycles. The highest BCUT2D eigenvalue weighted by Crippen LogP contribution is 2.35. The van der Waals surface area contributed by atoms with Crippen molar-refractivity contribution in [3.63, 3.8) is 0 Å². The van der Waals surface area contributed by atoms with Crippen LogP contribution in [0.1, 0.15) is 17.5 Å². The van der Waals surface area contributed by atoms with Crippen LogP contribution in [0.3, 0.4) is 0 Å². The van der Waals surface area contributed by atoms with E-state index >= 15 is 0 Å². The van der Waals surface area contributed by atoms with Crippen LogP contribution in [0.5, 0.6) is 0 Å². The summed E-state index contributed by atoms with van der Waals surface area (Å²) in [5, 5.41) is 11.1. The van der Waals surface area contributed by atoms with Crippen LogP contribution in [-0.4, -0.2) is 19.9 Å². The molecule has 2 aromatic rings. The molecule has 1 heterocycles. The molecule has 0 spiro atoms. The van der Waals surface area contributed by atoms with E-state index in [1.807, 2.05) is 0 Å². The van der Waals surface area contributed by atoms with Crippen molar-refractivity contribution >= 4 is 27.1 Å². The molecule has 0 aliphatic carbocycles. The maximum Gasteiger partial charge on any atom is 0.273 e. The predicted octanol–water partition coefficient (Wildman–Crippen LogP) is 2.63. The molecular weight excluding hydrogens is 330 g/mol. The highest BCUT2D eigenvalue weighted by atomic mass is 32.2. The van der Waals surface area contributed by atoms with Gasteiger partial charge >= 0.3 is 0 Å². The average Bonchev–Trinajstić information content (AvgIpc) is 2.54. The predicted molar refractivity (Wildman–Crippen MR) is 91.5 cm³/mol. The van der Waals surface area contributed by atoms with Gasteiger partial charge in [-0.3, -0.25) is 14.4 Å². The summed E-state index contributed by atoms with van der Waals surface area (Å²) in [4.78, 5) is 10.4. The van der Waals surface area contributed by atoms with E-state index in [-0.39, 0.29) is 10.6 Å². The van der Waals surface area contributed by atoms with Crippen molar-refractivity contribution in [2.45, 2.75) is 24.7 Å². The zero-order valence-corrected chi connectivity index (χ0v) is 13.9. The zero-order valence-electron chi connectivity index (χ0n) is 13.1. The minimum absolute atomic E-state index is 0.0879. The highest BCUT2D eigenvalue weighted by Gasteiger charge is 2.31. The van der Waals surface area contributed by atoms with E-state index in [0.717, 1.165) is 11.6 Å². The Morgan fingerprint density at radius 2 is 2.00 bits per heavy atom. The number of rotatable bonds is 3. The number of nitro benzene ring substituents is 1. The van der Waals surface area contributed by atoms with E-state index in [1.54, 1.807) is 25.1 Å². The lowest BCUT2D eigenvalue weighted by molar-refractivity contribution is -0.385. The van der Waals surface area contributed by atoms with E-state index < -0.39 is 14.9 Å². The topological polar surface area (TPSA) is 107 Å². The zero-order chi connectivity index (χ0) is 17.5. The first-order valence-corrected chi connectivity index (χ1v) is 8.91. The number of fused-ring (bicyclic) bond motifs is 1. The molecule has 24 heavy (non-hydrogen) atoms. The molecule has 0 bridgehead atoms. The molecule has 8 heteroatoms. The molecule has 0 saturated heterocycles. The summed E-state index contributed by atoms with van der Waals surface area (Å²) >= 11 is 0. The van der Waals surface area contributed by atoms with E-state index in [1.165, 1.54) is 16.4 Å². The van der Waals surface area contributed by atoms with Crippen molar-refractivity contribution in [2.75, 3.05) is 16.6 Å². The van der Waals surface area contributed by atoms with Gasteiger partial charge in [-0.1, -0.05) is 12.1 Å². The summed E-state index contributed by atoms with van der Waals surface area (Å²) in [5.41, 5.74) is 8.07. The molecule has 0 saturated carbocycles. The minimum atomic E-state index is -3.89. The number of hydrogen-bond donors (Lipinski definition) is 1. The van der Waals surface area contributed by atoms with Crippen LogP contribution in [0.2, 0.25) is 0 Å². The Balaban J connectivity index is 2.12. The quantitative estimate of drug-likeness (QED) is 0.522.